The molecule has 2 heteroatoms. The summed E-state index contributed by atoms with van der Waals surface area (Å²) in [6.07, 6.45) is 3.15. The van der Waals surface area contributed by atoms with E-state index < -0.39 is 0 Å². The Morgan fingerprint density at radius 3 is 2.31 bits per heavy atom. The third-order valence-corrected chi connectivity index (χ3v) is 2.87. The highest BCUT2D eigenvalue weighted by molar-refractivity contribution is 5.99. The highest BCUT2D eigenvalue weighted by Crippen LogP contribution is 2.37. The molecule has 1 aromatic rings. The fraction of sp³-hybridized carbons (Fsp3) is 0.357. The van der Waals surface area contributed by atoms with E-state index in [1.165, 1.54) is 12.1 Å². The number of hydrogen-bond donors (Lipinski definition) is 0. The average Bonchev–Trinajstić information content (AvgIpc) is 2.15. The van der Waals surface area contributed by atoms with Crippen molar-refractivity contribution in [1.29, 1.82) is 0 Å². The van der Waals surface area contributed by atoms with Crippen molar-refractivity contribution in [3.8, 4) is 0 Å². The van der Waals surface area contributed by atoms with E-state index in [-0.39, 0.29) is 17.0 Å². The maximum atomic E-state index is 12.8. The van der Waals surface area contributed by atoms with Crippen molar-refractivity contribution >= 4 is 11.4 Å². The van der Waals surface area contributed by atoms with Crippen molar-refractivity contribution in [3.63, 3.8) is 0 Å². The Labute approximate surface area is 95.0 Å². The minimum atomic E-state index is -0.245. The van der Waals surface area contributed by atoms with E-state index in [1.54, 1.807) is 18.2 Å². The van der Waals surface area contributed by atoms with Gasteiger partial charge in [0.05, 0.1) is 0 Å². The average molecular weight is 218 g/mol. The van der Waals surface area contributed by atoms with Crippen molar-refractivity contribution in [1.82, 2.24) is 0 Å². The number of carbonyl (C=O) groups is 1. The van der Waals surface area contributed by atoms with Crippen molar-refractivity contribution in [3.05, 3.63) is 41.7 Å². The second-order valence-electron chi connectivity index (χ2n) is 5.16. The molecule has 1 aliphatic carbocycles. The van der Waals surface area contributed by atoms with Gasteiger partial charge >= 0.3 is 0 Å². The molecule has 0 aliphatic heterocycles. The molecule has 0 saturated carbocycles. The van der Waals surface area contributed by atoms with Crippen LogP contribution in [0, 0.1) is 11.2 Å². The maximum absolute atomic E-state index is 12.8. The van der Waals surface area contributed by atoms with Gasteiger partial charge in [-0.05, 0) is 41.2 Å². The van der Waals surface area contributed by atoms with Crippen LogP contribution < -0.4 is 0 Å². The number of hydrogen-bond acceptors (Lipinski definition) is 1. The molecule has 0 saturated heterocycles. The molecular weight excluding hydrogens is 203 g/mol. The molecule has 0 fully saturated rings. The van der Waals surface area contributed by atoms with Crippen LogP contribution in [0.4, 0.5) is 4.39 Å². The van der Waals surface area contributed by atoms with E-state index in [0.29, 0.717) is 6.42 Å². The normalized spacial score (nSPS) is 19.4. The van der Waals surface area contributed by atoms with Crippen LogP contribution >= 0.6 is 0 Å². The Kier molecular flexibility index (Phi) is 2.66. The molecule has 84 valence electrons. The predicted octanol–water partition coefficient (Wildman–Crippen LogP) is 3.60. The van der Waals surface area contributed by atoms with E-state index in [2.05, 4.69) is 13.8 Å². The van der Waals surface area contributed by atoms with Crippen LogP contribution in [-0.4, -0.2) is 5.78 Å². The SMILES string of the molecule is CC1(C)CC(=O)C=C(c2ccc(F)cc2)C1. The minimum absolute atomic E-state index is 0.00948. The molecule has 0 radical (unpaired) electrons. The van der Waals surface area contributed by atoms with E-state index >= 15 is 0 Å². The number of benzene rings is 1. The Balaban J connectivity index is 2.34. The highest BCUT2D eigenvalue weighted by atomic mass is 19.1. The lowest BCUT2D eigenvalue weighted by Gasteiger charge is -2.28. The van der Waals surface area contributed by atoms with E-state index in [4.69, 9.17) is 0 Å². The Hall–Kier alpha value is -1.44. The molecule has 1 nitrogen and oxygen atoms in total. The largest absolute Gasteiger partial charge is 0.295 e. The molecule has 0 heterocycles. The molecule has 0 bridgehead atoms. The molecule has 1 aliphatic rings. The zero-order chi connectivity index (χ0) is 11.8. The second kappa shape index (κ2) is 3.85. The van der Waals surface area contributed by atoms with Crippen LogP contribution in [0.15, 0.2) is 30.3 Å². The molecule has 1 aromatic carbocycles. The van der Waals surface area contributed by atoms with Crippen LogP contribution in [0.5, 0.6) is 0 Å². The lowest BCUT2D eigenvalue weighted by molar-refractivity contribution is -0.116. The summed E-state index contributed by atoms with van der Waals surface area (Å²) < 4.78 is 12.8. The van der Waals surface area contributed by atoms with Crippen LogP contribution in [-0.2, 0) is 4.79 Å². The van der Waals surface area contributed by atoms with Gasteiger partial charge in [0, 0.05) is 6.42 Å². The van der Waals surface area contributed by atoms with Crippen LogP contribution in [0.3, 0.4) is 0 Å². The number of rotatable bonds is 1. The first kappa shape index (κ1) is 11.1. The summed E-state index contributed by atoms with van der Waals surface area (Å²) in [6, 6.07) is 6.33. The lowest BCUT2D eigenvalue weighted by Crippen LogP contribution is -2.21. The van der Waals surface area contributed by atoms with Gasteiger partial charge in [-0.1, -0.05) is 26.0 Å². The third kappa shape index (κ3) is 2.38. The summed E-state index contributed by atoms with van der Waals surface area (Å²) in [6.45, 7) is 4.17. The van der Waals surface area contributed by atoms with Crippen LogP contribution in [0.1, 0.15) is 32.3 Å². The first-order valence-electron chi connectivity index (χ1n) is 5.46. The first-order chi connectivity index (χ1) is 7.46. The standard InChI is InChI=1S/C14H15FO/c1-14(2)8-11(7-13(16)9-14)10-3-5-12(15)6-4-10/h3-7H,8-9H2,1-2H3. The monoisotopic (exact) mass is 218 g/mol. The van der Waals surface area contributed by atoms with Crippen LogP contribution in [0.25, 0.3) is 5.57 Å². The summed E-state index contributed by atoms with van der Waals surface area (Å²) in [7, 11) is 0. The molecule has 0 N–H and O–H groups in total. The van der Waals surface area contributed by atoms with Gasteiger partial charge in [-0.15, -0.1) is 0 Å². The predicted molar refractivity (Wildman–Crippen MR) is 62.4 cm³/mol. The third-order valence-electron chi connectivity index (χ3n) is 2.87. The second-order valence-corrected chi connectivity index (χ2v) is 5.16. The molecule has 0 atom stereocenters. The molecule has 0 spiro atoms. The van der Waals surface area contributed by atoms with Crippen molar-refractivity contribution in [2.24, 2.45) is 5.41 Å². The van der Waals surface area contributed by atoms with E-state index in [0.717, 1.165) is 17.6 Å². The van der Waals surface area contributed by atoms with Gasteiger partial charge in [-0.3, -0.25) is 4.79 Å². The highest BCUT2D eigenvalue weighted by Gasteiger charge is 2.27. The summed E-state index contributed by atoms with van der Waals surface area (Å²) in [4.78, 5) is 11.6. The van der Waals surface area contributed by atoms with E-state index in [9.17, 15) is 9.18 Å². The van der Waals surface area contributed by atoms with Crippen molar-refractivity contribution in [2.45, 2.75) is 26.7 Å². The molecule has 2 rings (SSSR count). The smallest absolute Gasteiger partial charge is 0.156 e. The van der Waals surface area contributed by atoms with Gasteiger partial charge in [0.25, 0.3) is 0 Å². The van der Waals surface area contributed by atoms with Gasteiger partial charge in [0.2, 0.25) is 0 Å². The zero-order valence-corrected chi connectivity index (χ0v) is 9.59. The van der Waals surface area contributed by atoms with Crippen molar-refractivity contribution in [2.75, 3.05) is 0 Å². The summed E-state index contributed by atoms with van der Waals surface area (Å²) in [5, 5.41) is 0. The molecule has 0 amide bonds. The fourth-order valence-electron chi connectivity index (χ4n) is 2.20. The number of halogens is 1. The van der Waals surface area contributed by atoms with Gasteiger partial charge in [-0.25, -0.2) is 4.39 Å². The minimum Gasteiger partial charge on any atom is -0.295 e. The zero-order valence-electron chi connectivity index (χ0n) is 9.59. The molecule has 16 heavy (non-hydrogen) atoms. The van der Waals surface area contributed by atoms with Crippen molar-refractivity contribution < 1.29 is 9.18 Å². The number of carbonyl (C=O) groups excluding carboxylic acids is 1. The van der Waals surface area contributed by atoms with Gasteiger partial charge in [0.15, 0.2) is 5.78 Å². The Morgan fingerprint density at radius 1 is 1.12 bits per heavy atom. The van der Waals surface area contributed by atoms with Gasteiger partial charge in [-0.2, -0.15) is 0 Å². The number of allylic oxidation sites excluding steroid dienone is 2. The molecule has 0 unspecified atom stereocenters. The van der Waals surface area contributed by atoms with Gasteiger partial charge < -0.3 is 0 Å². The molecular formula is C14H15FO. The maximum Gasteiger partial charge on any atom is 0.156 e. The van der Waals surface area contributed by atoms with Gasteiger partial charge in [0.1, 0.15) is 5.82 Å². The Bertz CT molecular complexity index is 440. The first-order valence-corrected chi connectivity index (χ1v) is 5.46. The van der Waals surface area contributed by atoms with Crippen LogP contribution in [0.2, 0.25) is 0 Å². The topological polar surface area (TPSA) is 17.1 Å². The summed E-state index contributed by atoms with van der Waals surface area (Å²) in [5.41, 5.74) is 1.97. The molecule has 0 aromatic heterocycles. The fourth-order valence-corrected chi connectivity index (χ4v) is 2.20. The summed E-state index contributed by atoms with van der Waals surface area (Å²) in [5.74, 6) is -0.0821. The Morgan fingerprint density at radius 2 is 1.75 bits per heavy atom. The summed E-state index contributed by atoms with van der Waals surface area (Å²) >= 11 is 0. The quantitative estimate of drug-likeness (QED) is 0.704. The van der Waals surface area contributed by atoms with E-state index in [1.807, 2.05) is 0 Å². The number of ketones is 1. The lowest BCUT2D eigenvalue weighted by atomic mass is 9.75.